The van der Waals surface area contributed by atoms with Gasteiger partial charge in [-0.15, -0.1) is 0 Å². The number of pyridine rings is 1. The normalized spacial score (nSPS) is 18.5. The smallest absolute Gasteiger partial charge is 0.416 e. The lowest BCUT2D eigenvalue weighted by Crippen LogP contribution is -2.27. The van der Waals surface area contributed by atoms with Gasteiger partial charge in [0.2, 0.25) is 0 Å². The maximum absolute atomic E-state index is 13.5. The average molecular weight is 608 g/mol. The molecule has 0 radical (unpaired) electrons. The monoisotopic (exact) mass is 607 g/mol. The molecule has 42 heavy (non-hydrogen) atoms. The molecule has 2 aliphatic heterocycles. The maximum Gasteiger partial charge on any atom is 0.416 e. The Balaban J connectivity index is 1.31. The van der Waals surface area contributed by atoms with Crippen LogP contribution < -0.4 is 9.47 Å². The number of amides is 1. The van der Waals surface area contributed by atoms with Crippen molar-refractivity contribution in [3.63, 3.8) is 0 Å². The molecular formula is C29H23F6N3O3S. The molecule has 0 spiro atoms. The fraction of sp³-hybridized carbons (Fsp3) is 0.276. The molecule has 2 aliphatic rings. The molecule has 0 bridgehead atoms. The number of ether oxygens (including phenoxy) is 2. The summed E-state index contributed by atoms with van der Waals surface area (Å²) >= 11 is 1.24. The molecule has 220 valence electrons. The van der Waals surface area contributed by atoms with E-state index in [9.17, 15) is 31.1 Å². The van der Waals surface area contributed by atoms with Crippen LogP contribution in [0.2, 0.25) is 0 Å². The van der Waals surface area contributed by atoms with Gasteiger partial charge in [0.25, 0.3) is 5.91 Å². The van der Waals surface area contributed by atoms with Crippen LogP contribution in [-0.2, 0) is 23.8 Å². The average Bonchev–Trinajstić information content (AvgIpc) is 3.58. The zero-order valence-electron chi connectivity index (χ0n) is 22.0. The van der Waals surface area contributed by atoms with Crippen molar-refractivity contribution < 1.29 is 40.6 Å². The number of hydrogen-bond acceptors (Lipinski definition) is 6. The molecule has 1 unspecified atom stereocenters. The fourth-order valence-corrected chi connectivity index (χ4v) is 5.73. The molecule has 0 N–H and O–H groups in total. The summed E-state index contributed by atoms with van der Waals surface area (Å²) in [7, 11) is 1.33. The Hall–Kier alpha value is -4.00. The number of aromatic nitrogens is 1. The molecule has 2 aromatic carbocycles. The van der Waals surface area contributed by atoms with Crippen LogP contribution in [-0.4, -0.2) is 34.6 Å². The second kappa shape index (κ2) is 11.7. The summed E-state index contributed by atoms with van der Waals surface area (Å²) in [5, 5.41) is 0.586. The van der Waals surface area contributed by atoms with E-state index in [2.05, 4.69) is 14.9 Å². The van der Waals surface area contributed by atoms with Gasteiger partial charge in [0.15, 0.2) is 16.7 Å². The standard InChI is InChI=1S/C29H23F6N3O3S/c1-40-24-13-17(7-10-23(24)41-16-18-8-9-19(28(30,31)32)15-20(18)29(33,34)35)14-25-26(39)37-27(42-25)38-12-4-6-22(38)21-5-2-3-11-36-21/h2-3,5,7-11,13-15,22H,4,6,12,16H2,1H3/b25-14+. The van der Waals surface area contributed by atoms with Gasteiger partial charge in [-0.1, -0.05) is 18.2 Å². The summed E-state index contributed by atoms with van der Waals surface area (Å²) in [6, 6.07) is 11.7. The van der Waals surface area contributed by atoms with E-state index in [-0.39, 0.29) is 23.6 Å². The van der Waals surface area contributed by atoms with Crippen LogP contribution in [0.5, 0.6) is 11.5 Å². The summed E-state index contributed by atoms with van der Waals surface area (Å²) < 4.78 is 90.3. The van der Waals surface area contributed by atoms with Crippen LogP contribution in [0, 0.1) is 0 Å². The van der Waals surface area contributed by atoms with E-state index >= 15 is 0 Å². The second-order valence-electron chi connectivity index (χ2n) is 9.48. The third kappa shape index (κ3) is 6.40. The van der Waals surface area contributed by atoms with Gasteiger partial charge in [-0.2, -0.15) is 31.3 Å². The largest absolute Gasteiger partial charge is 0.493 e. The van der Waals surface area contributed by atoms with E-state index in [0.29, 0.717) is 21.7 Å². The highest BCUT2D eigenvalue weighted by Crippen LogP contribution is 2.40. The van der Waals surface area contributed by atoms with Crippen LogP contribution in [0.3, 0.4) is 0 Å². The van der Waals surface area contributed by atoms with E-state index < -0.39 is 41.6 Å². The number of thioether (sulfide) groups is 1. The van der Waals surface area contributed by atoms with Crippen molar-refractivity contribution in [1.82, 2.24) is 9.88 Å². The Labute approximate surface area is 241 Å². The van der Waals surface area contributed by atoms with Crippen LogP contribution in [0.25, 0.3) is 6.08 Å². The minimum Gasteiger partial charge on any atom is -0.493 e. The molecule has 0 aliphatic carbocycles. The summed E-state index contributed by atoms with van der Waals surface area (Å²) in [5.41, 5.74) is -1.85. The Morgan fingerprint density at radius 2 is 1.83 bits per heavy atom. The number of aliphatic imine (C=N–C) groups is 1. The summed E-state index contributed by atoms with van der Waals surface area (Å²) in [4.78, 5) is 23.9. The molecule has 13 heteroatoms. The topological polar surface area (TPSA) is 64.0 Å². The Kier molecular flexibility index (Phi) is 8.22. The molecule has 3 heterocycles. The zero-order valence-corrected chi connectivity index (χ0v) is 22.8. The second-order valence-corrected chi connectivity index (χ2v) is 10.5. The lowest BCUT2D eigenvalue weighted by molar-refractivity contribution is -0.143. The van der Waals surface area contributed by atoms with E-state index in [4.69, 9.17) is 9.47 Å². The lowest BCUT2D eigenvalue weighted by Gasteiger charge is -2.24. The SMILES string of the molecule is COc1cc(/C=C2/SC(N3CCCC3c3ccccn3)=NC2=O)ccc1OCc1ccc(C(F)(F)F)cc1C(F)(F)F. The number of benzene rings is 2. The molecule has 1 atom stereocenters. The third-order valence-corrected chi connectivity index (χ3v) is 7.77. The zero-order chi connectivity index (χ0) is 30.1. The van der Waals surface area contributed by atoms with Crippen LogP contribution in [0.4, 0.5) is 26.3 Å². The number of halogens is 6. The molecule has 1 saturated heterocycles. The first-order valence-corrected chi connectivity index (χ1v) is 13.5. The number of amidine groups is 1. The van der Waals surface area contributed by atoms with Gasteiger partial charge in [0.1, 0.15) is 6.61 Å². The highest BCUT2D eigenvalue weighted by atomic mass is 32.2. The number of carbonyl (C=O) groups is 1. The number of likely N-dealkylation sites (tertiary alicyclic amines) is 1. The van der Waals surface area contributed by atoms with Crippen molar-refractivity contribution in [1.29, 1.82) is 0 Å². The van der Waals surface area contributed by atoms with E-state index in [0.717, 1.165) is 31.1 Å². The number of methoxy groups -OCH3 is 1. The molecule has 0 saturated carbocycles. The Morgan fingerprint density at radius 1 is 1.02 bits per heavy atom. The first-order valence-electron chi connectivity index (χ1n) is 12.7. The quantitative estimate of drug-likeness (QED) is 0.214. The molecule has 1 aromatic heterocycles. The van der Waals surface area contributed by atoms with Gasteiger partial charge in [-0.3, -0.25) is 9.78 Å². The molecule has 6 nitrogen and oxygen atoms in total. The van der Waals surface area contributed by atoms with Crippen molar-refractivity contribution in [2.45, 2.75) is 37.8 Å². The van der Waals surface area contributed by atoms with E-state index in [1.54, 1.807) is 18.3 Å². The highest BCUT2D eigenvalue weighted by molar-refractivity contribution is 8.18. The Bertz CT molecular complexity index is 1540. The fourth-order valence-electron chi connectivity index (χ4n) is 4.74. The number of nitrogens with zero attached hydrogens (tertiary/aromatic N) is 3. The van der Waals surface area contributed by atoms with Crippen molar-refractivity contribution >= 4 is 28.9 Å². The molecular weight excluding hydrogens is 584 g/mol. The number of alkyl halides is 6. The first-order chi connectivity index (χ1) is 19.9. The predicted molar refractivity (Wildman–Crippen MR) is 145 cm³/mol. The van der Waals surface area contributed by atoms with Gasteiger partial charge < -0.3 is 14.4 Å². The first kappa shape index (κ1) is 29.5. The summed E-state index contributed by atoms with van der Waals surface area (Å²) in [6.45, 7) is 0.0884. The van der Waals surface area contributed by atoms with E-state index in [1.165, 1.54) is 31.0 Å². The van der Waals surface area contributed by atoms with Crippen LogP contribution in [0.15, 0.2) is 70.7 Å². The maximum atomic E-state index is 13.5. The predicted octanol–water partition coefficient (Wildman–Crippen LogP) is 7.51. The van der Waals surface area contributed by atoms with Crippen molar-refractivity contribution in [3.05, 3.63) is 93.6 Å². The summed E-state index contributed by atoms with van der Waals surface area (Å²) in [5.74, 6) is -0.163. The van der Waals surface area contributed by atoms with Crippen molar-refractivity contribution in [2.75, 3.05) is 13.7 Å². The number of hydrogen-bond donors (Lipinski definition) is 0. The Morgan fingerprint density at radius 3 is 2.52 bits per heavy atom. The van der Waals surface area contributed by atoms with Gasteiger partial charge in [-0.05, 0) is 72.6 Å². The third-order valence-electron chi connectivity index (χ3n) is 6.75. The van der Waals surface area contributed by atoms with Gasteiger partial charge in [-0.25, -0.2) is 0 Å². The molecule has 1 amide bonds. The van der Waals surface area contributed by atoms with Gasteiger partial charge in [0, 0.05) is 18.3 Å². The van der Waals surface area contributed by atoms with E-state index in [1.807, 2.05) is 18.2 Å². The van der Waals surface area contributed by atoms with Gasteiger partial charge >= 0.3 is 12.4 Å². The highest BCUT2D eigenvalue weighted by Gasteiger charge is 2.38. The number of carbonyl (C=O) groups excluding carboxylic acids is 1. The molecule has 5 rings (SSSR count). The van der Waals surface area contributed by atoms with Crippen molar-refractivity contribution in [2.24, 2.45) is 4.99 Å². The van der Waals surface area contributed by atoms with Crippen LogP contribution in [0.1, 0.15) is 46.8 Å². The van der Waals surface area contributed by atoms with Gasteiger partial charge in [0.05, 0.1) is 34.9 Å². The number of rotatable bonds is 6. The summed E-state index contributed by atoms with van der Waals surface area (Å²) in [6.07, 6.45) is -4.76. The molecule has 1 fully saturated rings. The minimum absolute atomic E-state index is 0.0173. The van der Waals surface area contributed by atoms with Crippen LogP contribution >= 0.6 is 11.8 Å². The minimum atomic E-state index is -5.01. The van der Waals surface area contributed by atoms with Crippen molar-refractivity contribution in [3.8, 4) is 11.5 Å². The lowest BCUT2D eigenvalue weighted by atomic mass is 10.0. The molecule has 3 aromatic rings.